The topological polar surface area (TPSA) is 152 Å². The molecule has 2 bridgehead atoms. The fraction of sp³-hybridized carbons (Fsp3) is 0.566. The summed E-state index contributed by atoms with van der Waals surface area (Å²) < 4.78 is 5.48. The standard InChI is InChI=1S/C53H76N2O7/c1-37(13-10-18-43(36-58)47-25-27-53(49(47)59)48(19-12-31-56)45(39(3)35-57)24-26-52(53,61)28-30-54-5)44-22-20-38(2)50(60)55-51(4,29-32-62-6)34-41-16-11-17-42(33-41)46(44)23-21-40-14-8-7-9-15-40/h7-11,13-18,20,33,35,44,46-50,54-56,58-61H,1,12,19,21-32,34,36H2,2-6H3. The van der Waals surface area contributed by atoms with E-state index in [1.807, 2.05) is 45.2 Å². The summed E-state index contributed by atoms with van der Waals surface area (Å²) >= 11 is 0. The number of allylic oxidation sites excluding steroid dienone is 7. The quantitative estimate of drug-likeness (QED) is 0.0352. The highest BCUT2D eigenvalue weighted by atomic mass is 16.5. The first-order valence-electron chi connectivity index (χ1n) is 23.0. The summed E-state index contributed by atoms with van der Waals surface area (Å²) in [4.78, 5) is 12.2. The van der Waals surface area contributed by atoms with Crippen LogP contribution in [-0.4, -0.2) is 95.8 Å². The van der Waals surface area contributed by atoms with Crippen molar-refractivity contribution in [3.63, 3.8) is 0 Å². The highest BCUT2D eigenvalue weighted by molar-refractivity contribution is 5.74. The Labute approximate surface area is 371 Å². The van der Waals surface area contributed by atoms with Gasteiger partial charge in [-0.1, -0.05) is 96.6 Å². The van der Waals surface area contributed by atoms with Crippen LogP contribution in [0, 0.1) is 23.2 Å². The van der Waals surface area contributed by atoms with Gasteiger partial charge in [0.15, 0.2) is 0 Å². The molecule has 0 radical (unpaired) electrons. The van der Waals surface area contributed by atoms with Crippen LogP contribution in [0.25, 0.3) is 0 Å². The Morgan fingerprint density at radius 2 is 1.82 bits per heavy atom. The Morgan fingerprint density at radius 3 is 2.52 bits per heavy atom. The van der Waals surface area contributed by atoms with Crippen LogP contribution in [0.1, 0.15) is 108 Å². The first kappa shape index (κ1) is 49.5. The van der Waals surface area contributed by atoms with E-state index in [0.29, 0.717) is 75.7 Å². The number of aliphatic hydroxyl groups is 5. The van der Waals surface area contributed by atoms with E-state index in [0.717, 1.165) is 48.7 Å². The number of ether oxygens (including phenoxy) is 1. The number of nitrogens with one attached hydrogen (secondary N) is 2. The number of aryl methyl sites for hydroxylation is 1. The fourth-order valence-electron chi connectivity index (χ4n) is 11.3. The molecule has 5 rings (SSSR count). The number of fused-ring (bicyclic) bond motifs is 2. The third kappa shape index (κ3) is 11.4. The minimum Gasteiger partial charge on any atom is -0.396 e. The minimum absolute atomic E-state index is 0.0130. The number of aldehydes is 1. The average Bonchev–Trinajstić information content (AvgIpc) is 3.61. The molecule has 2 saturated carbocycles. The molecule has 1 aliphatic heterocycles. The van der Waals surface area contributed by atoms with Crippen molar-refractivity contribution in [2.75, 3.05) is 40.5 Å². The van der Waals surface area contributed by atoms with Crippen LogP contribution in [-0.2, 0) is 22.4 Å². The molecule has 62 heavy (non-hydrogen) atoms. The number of carbonyl (C=O) groups excluding carboxylic acids is 1. The van der Waals surface area contributed by atoms with E-state index in [-0.39, 0.29) is 31.0 Å². The van der Waals surface area contributed by atoms with E-state index in [2.05, 4.69) is 78.7 Å². The molecule has 3 aliphatic rings. The SMILES string of the molecule is C=C(C=CC=C(CO)C1CCC2(C(CCCO)C(=C(C)C=O)CCC2(O)CCNC)C1O)C1CC=C(C)C(O)NC(C)(CCOC)Cc2cccc(c2)C1CCc1ccccc1. The van der Waals surface area contributed by atoms with E-state index in [9.17, 15) is 30.3 Å². The number of rotatable bonds is 18. The van der Waals surface area contributed by atoms with Gasteiger partial charge in [-0.15, -0.1) is 0 Å². The smallest absolute Gasteiger partial charge is 0.145 e. The molecule has 1 spiro atoms. The lowest BCUT2D eigenvalue weighted by atomic mass is 9.51. The van der Waals surface area contributed by atoms with Crippen LogP contribution in [0.4, 0.5) is 0 Å². The lowest BCUT2D eigenvalue weighted by Crippen LogP contribution is -2.61. The van der Waals surface area contributed by atoms with Crippen molar-refractivity contribution in [2.24, 2.45) is 23.2 Å². The second kappa shape index (κ2) is 22.9. The Morgan fingerprint density at radius 1 is 1.05 bits per heavy atom. The van der Waals surface area contributed by atoms with Gasteiger partial charge in [-0.05, 0) is 163 Å². The molecule has 0 aromatic heterocycles. The zero-order valence-electron chi connectivity index (χ0n) is 38.1. The highest BCUT2D eigenvalue weighted by Crippen LogP contribution is 2.64. The van der Waals surface area contributed by atoms with E-state index in [1.165, 1.54) is 16.7 Å². The second-order valence-electron chi connectivity index (χ2n) is 18.8. The van der Waals surface area contributed by atoms with Gasteiger partial charge >= 0.3 is 0 Å². The van der Waals surface area contributed by atoms with Crippen molar-refractivity contribution in [3.8, 4) is 0 Å². The molecule has 2 aromatic rings. The zero-order chi connectivity index (χ0) is 44.9. The lowest BCUT2D eigenvalue weighted by Gasteiger charge is -2.57. The maximum Gasteiger partial charge on any atom is 0.145 e. The number of aliphatic hydroxyl groups excluding tert-OH is 4. The molecule has 0 amide bonds. The van der Waals surface area contributed by atoms with Gasteiger partial charge in [0.1, 0.15) is 12.5 Å². The molecule has 9 heteroatoms. The monoisotopic (exact) mass is 853 g/mol. The minimum atomic E-state index is -1.21. The van der Waals surface area contributed by atoms with Crippen molar-refractivity contribution in [1.29, 1.82) is 0 Å². The van der Waals surface area contributed by atoms with Gasteiger partial charge in [-0.2, -0.15) is 0 Å². The van der Waals surface area contributed by atoms with Gasteiger partial charge in [0.2, 0.25) is 0 Å². The van der Waals surface area contributed by atoms with Gasteiger partial charge in [-0.3, -0.25) is 10.1 Å². The summed E-state index contributed by atoms with van der Waals surface area (Å²) in [6.07, 6.45) is 14.5. The predicted octanol–water partition coefficient (Wildman–Crippen LogP) is 7.44. The predicted molar refractivity (Wildman–Crippen MR) is 249 cm³/mol. The molecule has 2 fully saturated rings. The van der Waals surface area contributed by atoms with Gasteiger partial charge in [0, 0.05) is 37.2 Å². The summed E-state index contributed by atoms with van der Waals surface area (Å²) in [6.45, 7) is 11.5. The molecule has 9 nitrogen and oxygen atoms in total. The summed E-state index contributed by atoms with van der Waals surface area (Å²) in [5.41, 5.74) is 5.21. The number of carbonyl (C=O) groups is 1. The molecule has 0 saturated heterocycles. The summed E-state index contributed by atoms with van der Waals surface area (Å²) in [7, 11) is 3.56. The number of hydrogen-bond acceptors (Lipinski definition) is 9. The van der Waals surface area contributed by atoms with Crippen LogP contribution >= 0.6 is 0 Å². The van der Waals surface area contributed by atoms with Crippen molar-refractivity contribution >= 4 is 6.29 Å². The molecule has 2 aliphatic carbocycles. The molecular formula is C53H76N2O7. The van der Waals surface area contributed by atoms with E-state index in [1.54, 1.807) is 7.11 Å². The Hall–Kier alpha value is -3.51. The first-order valence-corrected chi connectivity index (χ1v) is 23.0. The first-order chi connectivity index (χ1) is 29.8. The van der Waals surface area contributed by atoms with Crippen molar-refractivity contribution in [2.45, 2.75) is 127 Å². The van der Waals surface area contributed by atoms with Gasteiger partial charge in [-0.25, -0.2) is 0 Å². The van der Waals surface area contributed by atoms with Gasteiger partial charge < -0.3 is 35.6 Å². The molecule has 9 unspecified atom stereocenters. The maximum atomic E-state index is 12.6. The Kier molecular flexibility index (Phi) is 18.3. The zero-order valence-corrected chi connectivity index (χ0v) is 38.1. The van der Waals surface area contributed by atoms with Crippen LogP contribution < -0.4 is 10.6 Å². The fourth-order valence-corrected chi connectivity index (χ4v) is 11.3. The molecule has 9 atom stereocenters. The van der Waals surface area contributed by atoms with E-state index >= 15 is 0 Å². The number of hydrogen-bond donors (Lipinski definition) is 7. The highest BCUT2D eigenvalue weighted by Gasteiger charge is 2.65. The molecular weight excluding hydrogens is 777 g/mol. The van der Waals surface area contributed by atoms with Crippen LogP contribution in [0.2, 0.25) is 0 Å². The van der Waals surface area contributed by atoms with Crippen molar-refractivity contribution < 1.29 is 35.1 Å². The normalized spacial score (nSPS) is 31.7. The van der Waals surface area contributed by atoms with Crippen LogP contribution in [0.5, 0.6) is 0 Å². The Bertz CT molecular complexity index is 1910. The Balaban J connectivity index is 1.51. The molecule has 1 heterocycles. The molecule has 340 valence electrons. The number of benzene rings is 2. The third-order valence-corrected chi connectivity index (χ3v) is 14.9. The molecule has 2 aromatic carbocycles. The summed E-state index contributed by atoms with van der Waals surface area (Å²) in [5.74, 6) is -0.606. The third-order valence-electron chi connectivity index (χ3n) is 14.9. The summed E-state index contributed by atoms with van der Waals surface area (Å²) in [5, 5.41) is 64.3. The lowest BCUT2D eigenvalue weighted by molar-refractivity contribution is -0.180. The van der Waals surface area contributed by atoms with Gasteiger partial charge in [0.25, 0.3) is 0 Å². The molecule has 7 N–H and O–H groups in total. The average molecular weight is 853 g/mol. The van der Waals surface area contributed by atoms with E-state index in [4.69, 9.17) is 4.74 Å². The maximum absolute atomic E-state index is 12.6. The van der Waals surface area contributed by atoms with Crippen molar-refractivity contribution in [3.05, 3.63) is 130 Å². The van der Waals surface area contributed by atoms with Gasteiger partial charge in [0.05, 0.1) is 18.3 Å². The van der Waals surface area contributed by atoms with Crippen LogP contribution in [0.3, 0.4) is 0 Å². The van der Waals surface area contributed by atoms with E-state index < -0.39 is 34.8 Å². The van der Waals surface area contributed by atoms with Crippen LogP contribution in [0.15, 0.2) is 113 Å². The number of methoxy groups -OCH3 is 1. The van der Waals surface area contributed by atoms with Crippen molar-refractivity contribution in [1.82, 2.24) is 10.6 Å². The second-order valence-corrected chi connectivity index (χ2v) is 18.8. The largest absolute Gasteiger partial charge is 0.396 e. The summed E-state index contributed by atoms with van der Waals surface area (Å²) in [6, 6.07) is 19.4.